The topological polar surface area (TPSA) is 135 Å². The molecule has 4 rings (SSSR count). The van der Waals surface area contributed by atoms with Crippen molar-refractivity contribution in [3.63, 3.8) is 0 Å². The van der Waals surface area contributed by atoms with E-state index < -0.39 is 17.9 Å². The van der Waals surface area contributed by atoms with Gasteiger partial charge in [0.1, 0.15) is 10.9 Å². The lowest BCUT2D eigenvalue weighted by atomic mass is 9.94. The van der Waals surface area contributed by atoms with Crippen molar-refractivity contribution in [2.24, 2.45) is 5.73 Å². The summed E-state index contributed by atoms with van der Waals surface area (Å²) in [5.74, 6) is -1.63. The molecule has 3 aromatic rings. The van der Waals surface area contributed by atoms with Crippen LogP contribution in [0, 0.1) is 0 Å². The molecule has 1 fully saturated rings. The second-order valence-corrected chi connectivity index (χ2v) is 10.2. The Morgan fingerprint density at radius 3 is 2.19 bits per heavy atom. The number of benzene rings is 2. The van der Waals surface area contributed by atoms with Crippen molar-refractivity contribution >= 4 is 46.3 Å². The van der Waals surface area contributed by atoms with E-state index in [1.807, 2.05) is 49.3 Å². The van der Waals surface area contributed by atoms with Crippen molar-refractivity contribution in [3.8, 4) is 0 Å². The van der Waals surface area contributed by atoms with Gasteiger partial charge in [-0.15, -0.1) is 0 Å². The zero-order chi connectivity index (χ0) is 26.5. The van der Waals surface area contributed by atoms with Gasteiger partial charge in [0.25, 0.3) is 11.8 Å². The van der Waals surface area contributed by atoms with Crippen LogP contribution in [0.4, 0.5) is 17.1 Å². The van der Waals surface area contributed by atoms with Crippen LogP contribution in [0.1, 0.15) is 63.9 Å². The Morgan fingerprint density at radius 1 is 0.973 bits per heavy atom. The Labute approximate surface area is 220 Å². The number of nitrogens with zero attached hydrogens (tertiary/aromatic N) is 3. The zero-order valence-electron chi connectivity index (χ0n) is 21.0. The fourth-order valence-electron chi connectivity index (χ4n) is 4.61. The molecule has 37 heavy (non-hydrogen) atoms. The molecule has 0 spiro atoms. The minimum atomic E-state index is -0.980. The number of hydrogen-bond acceptors (Lipinski definition) is 7. The van der Waals surface area contributed by atoms with Crippen LogP contribution in [0.15, 0.2) is 54.6 Å². The van der Waals surface area contributed by atoms with E-state index in [9.17, 15) is 14.4 Å². The van der Waals surface area contributed by atoms with E-state index in [1.165, 1.54) is 4.90 Å². The third kappa shape index (κ3) is 5.75. The molecule has 5 N–H and O–H groups in total. The smallest absolute Gasteiger partial charge is 0.273 e. The molecule has 1 unspecified atom stereocenters. The minimum absolute atomic E-state index is 0.0486. The summed E-state index contributed by atoms with van der Waals surface area (Å²) in [6.07, 6.45) is 5.08. The van der Waals surface area contributed by atoms with Crippen molar-refractivity contribution in [2.75, 3.05) is 29.6 Å². The predicted molar refractivity (Wildman–Crippen MR) is 147 cm³/mol. The number of nitrogens with one attached hydrogen (secondary N) is 1. The monoisotopic (exact) mass is 520 g/mol. The van der Waals surface area contributed by atoms with E-state index in [4.69, 9.17) is 11.5 Å². The molecule has 0 bridgehead atoms. The molecule has 1 heterocycles. The Bertz CT molecular complexity index is 1250. The molecular formula is C27H32N6O3S. The average molecular weight is 521 g/mol. The highest BCUT2D eigenvalue weighted by atomic mass is 32.1. The highest BCUT2D eigenvalue weighted by molar-refractivity contribution is 7.09. The lowest BCUT2D eigenvalue weighted by Crippen LogP contribution is -2.47. The van der Waals surface area contributed by atoms with E-state index in [0.717, 1.165) is 49.3 Å². The normalized spacial score (nSPS) is 14.5. The molecule has 1 atom stereocenters. The van der Waals surface area contributed by atoms with Crippen molar-refractivity contribution in [1.29, 1.82) is 0 Å². The first-order valence-corrected chi connectivity index (χ1v) is 13.1. The van der Waals surface area contributed by atoms with E-state index >= 15 is 0 Å². The Morgan fingerprint density at radius 2 is 1.62 bits per heavy atom. The van der Waals surface area contributed by atoms with Crippen LogP contribution in [0.3, 0.4) is 0 Å². The largest absolute Gasteiger partial charge is 0.395 e. The van der Waals surface area contributed by atoms with Gasteiger partial charge >= 0.3 is 0 Å². The van der Waals surface area contributed by atoms with E-state index in [0.29, 0.717) is 11.3 Å². The van der Waals surface area contributed by atoms with E-state index in [1.54, 1.807) is 24.3 Å². The number of nitrogen functional groups attached to an aromatic ring is 1. The number of amides is 3. The Balaban J connectivity index is 1.82. The van der Waals surface area contributed by atoms with Gasteiger partial charge in [-0.1, -0.05) is 49.6 Å². The Hall–Kier alpha value is -3.92. The van der Waals surface area contributed by atoms with Crippen molar-refractivity contribution in [1.82, 2.24) is 9.69 Å². The fraction of sp³-hybridized carbons (Fsp3) is 0.333. The molecule has 1 aromatic heterocycles. The van der Waals surface area contributed by atoms with Gasteiger partial charge in [-0.2, -0.15) is 4.37 Å². The third-order valence-electron chi connectivity index (χ3n) is 6.59. The van der Waals surface area contributed by atoms with Gasteiger partial charge in [0, 0.05) is 31.5 Å². The number of hydrogen-bond donors (Lipinski definition) is 3. The van der Waals surface area contributed by atoms with Gasteiger partial charge in [-0.05, 0) is 54.2 Å². The minimum Gasteiger partial charge on any atom is -0.395 e. The fourth-order valence-corrected chi connectivity index (χ4v) is 5.35. The summed E-state index contributed by atoms with van der Waals surface area (Å²) in [5, 5.41) is 3.19. The maximum Gasteiger partial charge on any atom is 0.273 e. The number of primary amides is 1. The summed E-state index contributed by atoms with van der Waals surface area (Å²) < 4.78 is 4.00. The summed E-state index contributed by atoms with van der Waals surface area (Å²) in [6, 6.07) is 15.6. The number of anilines is 3. The molecule has 3 amide bonds. The SMILES string of the molecule is CN(C)c1ccc(C(C(=O)NC2CCCCC2)N(C(=O)c2snc(C(N)=O)c2N)c2ccccc2)cc1. The van der Waals surface area contributed by atoms with Gasteiger partial charge in [0.15, 0.2) is 5.69 Å². The van der Waals surface area contributed by atoms with Crippen LogP contribution in [-0.4, -0.2) is 42.2 Å². The molecule has 1 aliphatic rings. The van der Waals surface area contributed by atoms with Crippen LogP contribution >= 0.6 is 11.5 Å². The van der Waals surface area contributed by atoms with Gasteiger partial charge in [0.05, 0.1) is 5.69 Å². The molecule has 10 heteroatoms. The first-order chi connectivity index (χ1) is 17.8. The van der Waals surface area contributed by atoms with Gasteiger partial charge < -0.3 is 21.7 Å². The number of carbonyl (C=O) groups is 3. The number of nitrogens with two attached hydrogens (primary N) is 2. The van der Waals surface area contributed by atoms with Crippen molar-refractivity contribution in [3.05, 3.63) is 70.7 Å². The molecule has 1 saturated carbocycles. The molecular weight excluding hydrogens is 488 g/mol. The highest BCUT2D eigenvalue weighted by Crippen LogP contribution is 2.34. The molecule has 9 nitrogen and oxygen atoms in total. The van der Waals surface area contributed by atoms with Gasteiger partial charge in [-0.25, -0.2) is 0 Å². The summed E-state index contributed by atoms with van der Waals surface area (Å²) in [7, 11) is 3.87. The van der Waals surface area contributed by atoms with Gasteiger partial charge in [-0.3, -0.25) is 19.3 Å². The van der Waals surface area contributed by atoms with Crippen LogP contribution in [0.25, 0.3) is 0 Å². The van der Waals surface area contributed by atoms with E-state index in [-0.39, 0.29) is 28.2 Å². The number of rotatable bonds is 8. The van der Waals surface area contributed by atoms with Crippen LogP contribution < -0.4 is 26.6 Å². The summed E-state index contributed by atoms with van der Waals surface area (Å²) in [5.41, 5.74) is 13.4. The molecule has 0 aliphatic heterocycles. The van der Waals surface area contributed by atoms with Crippen LogP contribution in [-0.2, 0) is 4.79 Å². The first-order valence-electron chi connectivity index (χ1n) is 12.3. The van der Waals surface area contributed by atoms with Crippen molar-refractivity contribution < 1.29 is 14.4 Å². The lowest BCUT2D eigenvalue weighted by Gasteiger charge is -2.33. The third-order valence-corrected chi connectivity index (χ3v) is 7.44. The average Bonchev–Trinajstić information content (AvgIpc) is 3.29. The van der Waals surface area contributed by atoms with E-state index in [2.05, 4.69) is 9.69 Å². The molecule has 0 saturated heterocycles. The zero-order valence-corrected chi connectivity index (χ0v) is 21.8. The predicted octanol–water partition coefficient (Wildman–Crippen LogP) is 3.73. The van der Waals surface area contributed by atoms with Crippen LogP contribution in [0.2, 0.25) is 0 Å². The standard InChI is InChI=1S/C27H32N6O3S/c1-32(2)19-15-13-17(14-16-19)23(26(35)30-18-9-5-3-6-10-18)33(20-11-7-4-8-12-20)27(36)24-21(28)22(25(29)34)31-37-24/h4,7-8,11-16,18,23H,3,5-6,9-10,28H2,1-2H3,(H2,29,34)(H,30,35). The molecule has 2 aromatic carbocycles. The molecule has 0 radical (unpaired) electrons. The lowest BCUT2D eigenvalue weighted by molar-refractivity contribution is -0.123. The number of para-hydroxylation sites is 1. The quantitative estimate of drug-likeness (QED) is 0.414. The molecule has 194 valence electrons. The first kappa shape index (κ1) is 26.2. The molecule has 1 aliphatic carbocycles. The summed E-state index contributed by atoms with van der Waals surface area (Å²) >= 11 is 0.797. The summed E-state index contributed by atoms with van der Waals surface area (Å²) in [6.45, 7) is 0. The van der Waals surface area contributed by atoms with Gasteiger partial charge in [0.2, 0.25) is 5.91 Å². The second kappa shape index (κ2) is 11.4. The highest BCUT2D eigenvalue weighted by Gasteiger charge is 2.36. The van der Waals surface area contributed by atoms with Crippen LogP contribution in [0.5, 0.6) is 0 Å². The second-order valence-electron chi connectivity index (χ2n) is 9.38. The maximum atomic E-state index is 14.1. The maximum absolute atomic E-state index is 14.1. The number of carbonyl (C=O) groups excluding carboxylic acids is 3. The Kier molecular flexibility index (Phi) is 8.08. The number of aromatic nitrogens is 1. The summed E-state index contributed by atoms with van der Waals surface area (Å²) in [4.78, 5) is 43.2. The van der Waals surface area contributed by atoms with Crippen molar-refractivity contribution in [2.45, 2.75) is 44.2 Å².